The molecule has 0 radical (unpaired) electrons. The number of sulfonamides is 1. The number of ether oxygens (including phenoxy) is 1. The standard InChI is InChI=1S/C22H22N2O4S2/c1-2-28-21-13-8-16(14-17(21)15-29-19-6-4-3-5-7-19)22(25)24-18-9-11-20(12-10-18)30(23,26)27/h3-14H,2,15H2,1H3,(H,24,25)(H2,23,26,27). The Balaban J connectivity index is 1.76. The van der Waals surface area contributed by atoms with Crippen molar-refractivity contribution in [3.05, 3.63) is 83.9 Å². The van der Waals surface area contributed by atoms with Crippen molar-refractivity contribution in [3.8, 4) is 5.75 Å². The minimum atomic E-state index is -3.77. The van der Waals surface area contributed by atoms with E-state index in [1.54, 1.807) is 23.9 Å². The summed E-state index contributed by atoms with van der Waals surface area (Å²) >= 11 is 1.66. The number of hydrogen-bond donors (Lipinski definition) is 2. The normalized spacial score (nSPS) is 11.1. The van der Waals surface area contributed by atoms with Crippen molar-refractivity contribution in [1.29, 1.82) is 0 Å². The first-order valence-electron chi connectivity index (χ1n) is 9.24. The topological polar surface area (TPSA) is 98.5 Å². The predicted octanol–water partition coefficient (Wildman–Crippen LogP) is 4.28. The fourth-order valence-corrected chi connectivity index (χ4v) is 4.15. The van der Waals surface area contributed by atoms with Gasteiger partial charge in [-0.25, -0.2) is 13.6 Å². The fraction of sp³-hybridized carbons (Fsp3) is 0.136. The zero-order chi connectivity index (χ0) is 21.6. The first-order valence-corrected chi connectivity index (χ1v) is 11.8. The molecule has 0 unspecified atom stereocenters. The molecule has 0 heterocycles. The lowest BCUT2D eigenvalue weighted by molar-refractivity contribution is 0.102. The maximum absolute atomic E-state index is 12.7. The molecule has 156 valence electrons. The molecule has 3 aromatic carbocycles. The van der Waals surface area contributed by atoms with Crippen LogP contribution in [0.3, 0.4) is 0 Å². The van der Waals surface area contributed by atoms with Gasteiger partial charge in [-0.15, -0.1) is 11.8 Å². The minimum absolute atomic E-state index is 0.0122. The molecule has 0 aromatic heterocycles. The van der Waals surface area contributed by atoms with Crippen LogP contribution in [0.1, 0.15) is 22.8 Å². The van der Waals surface area contributed by atoms with Crippen LogP contribution >= 0.6 is 11.8 Å². The van der Waals surface area contributed by atoms with Crippen molar-refractivity contribution in [1.82, 2.24) is 0 Å². The van der Waals surface area contributed by atoms with Crippen LogP contribution in [0.15, 0.2) is 82.6 Å². The summed E-state index contributed by atoms with van der Waals surface area (Å²) in [5.74, 6) is 1.10. The van der Waals surface area contributed by atoms with E-state index < -0.39 is 10.0 Å². The summed E-state index contributed by atoms with van der Waals surface area (Å²) in [5, 5.41) is 7.86. The van der Waals surface area contributed by atoms with Gasteiger partial charge in [0, 0.05) is 27.5 Å². The van der Waals surface area contributed by atoms with Crippen LogP contribution in [0.5, 0.6) is 5.75 Å². The number of nitrogens with two attached hydrogens (primary N) is 1. The molecule has 0 aliphatic heterocycles. The van der Waals surface area contributed by atoms with Gasteiger partial charge in [0.15, 0.2) is 0 Å². The average Bonchev–Trinajstić information content (AvgIpc) is 2.73. The summed E-state index contributed by atoms with van der Waals surface area (Å²) in [6, 6.07) is 21.0. The van der Waals surface area contributed by atoms with Gasteiger partial charge in [0.05, 0.1) is 11.5 Å². The number of anilines is 1. The molecule has 0 saturated carbocycles. The van der Waals surface area contributed by atoms with Crippen molar-refractivity contribution in [2.45, 2.75) is 22.5 Å². The lowest BCUT2D eigenvalue weighted by Gasteiger charge is -2.13. The highest BCUT2D eigenvalue weighted by Crippen LogP contribution is 2.29. The highest BCUT2D eigenvalue weighted by Gasteiger charge is 2.13. The molecule has 6 nitrogen and oxygen atoms in total. The summed E-state index contributed by atoms with van der Waals surface area (Å²) in [7, 11) is -3.77. The van der Waals surface area contributed by atoms with Crippen LogP contribution in [-0.2, 0) is 15.8 Å². The Morgan fingerprint density at radius 3 is 2.37 bits per heavy atom. The number of primary sulfonamides is 1. The summed E-state index contributed by atoms with van der Waals surface area (Å²) in [6.45, 7) is 2.45. The number of carbonyl (C=O) groups excluding carboxylic acids is 1. The van der Waals surface area contributed by atoms with Crippen molar-refractivity contribution in [2.24, 2.45) is 5.14 Å². The Hall–Kier alpha value is -2.81. The van der Waals surface area contributed by atoms with Gasteiger partial charge in [-0.05, 0) is 61.5 Å². The molecule has 30 heavy (non-hydrogen) atoms. The summed E-state index contributed by atoms with van der Waals surface area (Å²) in [5.41, 5.74) is 1.88. The Labute approximate surface area is 180 Å². The molecule has 1 amide bonds. The van der Waals surface area contributed by atoms with Gasteiger partial charge in [-0.3, -0.25) is 4.79 Å². The Morgan fingerprint density at radius 1 is 1.03 bits per heavy atom. The maximum Gasteiger partial charge on any atom is 0.255 e. The van der Waals surface area contributed by atoms with E-state index in [9.17, 15) is 13.2 Å². The molecule has 0 aliphatic carbocycles. The number of benzene rings is 3. The van der Waals surface area contributed by atoms with Crippen molar-refractivity contribution < 1.29 is 17.9 Å². The third kappa shape index (κ3) is 5.85. The summed E-state index contributed by atoms with van der Waals surface area (Å²) < 4.78 is 28.4. The van der Waals surface area contributed by atoms with Crippen LogP contribution in [0.2, 0.25) is 0 Å². The Morgan fingerprint density at radius 2 is 1.73 bits per heavy atom. The number of nitrogens with one attached hydrogen (secondary N) is 1. The molecule has 0 aliphatic rings. The zero-order valence-electron chi connectivity index (χ0n) is 16.4. The SMILES string of the molecule is CCOc1ccc(C(=O)Nc2ccc(S(N)(=O)=O)cc2)cc1CSc1ccccc1. The van der Waals surface area contributed by atoms with Crippen molar-refractivity contribution in [2.75, 3.05) is 11.9 Å². The molecule has 3 N–H and O–H groups in total. The zero-order valence-corrected chi connectivity index (χ0v) is 18.0. The van der Waals surface area contributed by atoms with E-state index in [0.29, 0.717) is 23.6 Å². The molecule has 3 rings (SSSR count). The highest BCUT2D eigenvalue weighted by atomic mass is 32.2. The smallest absolute Gasteiger partial charge is 0.255 e. The molecule has 3 aromatic rings. The molecule has 0 spiro atoms. The van der Waals surface area contributed by atoms with Gasteiger partial charge in [0.2, 0.25) is 10.0 Å². The summed E-state index contributed by atoms with van der Waals surface area (Å²) in [4.78, 5) is 13.8. The van der Waals surface area contributed by atoms with Crippen LogP contribution in [0.4, 0.5) is 5.69 Å². The fourth-order valence-electron chi connectivity index (χ4n) is 2.74. The van der Waals surface area contributed by atoms with Gasteiger partial charge in [-0.2, -0.15) is 0 Å². The second-order valence-corrected chi connectivity index (χ2v) is 8.99. The molecular weight excluding hydrogens is 420 g/mol. The molecule has 0 bridgehead atoms. The lowest BCUT2D eigenvalue weighted by atomic mass is 10.1. The van der Waals surface area contributed by atoms with E-state index in [1.165, 1.54) is 24.3 Å². The first kappa shape index (κ1) is 21.9. The summed E-state index contributed by atoms with van der Waals surface area (Å²) in [6.07, 6.45) is 0. The van der Waals surface area contributed by atoms with E-state index >= 15 is 0 Å². The van der Waals surface area contributed by atoms with Gasteiger partial charge >= 0.3 is 0 Å². The first-order chi connectivity index (χ1) is 14.4. The quantitative estimate of drug-likeness (QED) is 0.508. The van der Waals surface area contributed by atoms with Crippen LogP contribution < -0.4 is 15.2 Å². The van der Waals surface area contributed by atoms with E-state index in [0.717, 1.165) is 16.2 Å². The van der Waals surface area contributed by atoms with E-state index in [4.69, 9.17) is 9.88 Å². The second-order valence-electron chi connectivity index (χ2n) is 6.38. The molecule has 0 atom stereocenters. The number of hydrogen-bond acceptors (Lipinski definition) is 5. The number of carbonyl (C=O) groups is 1. The van der Waals surface area contributed by atoms with Crippen LogP contribution in [0.25, 0.3) is 0 Å². The van der Waals surface area contributed by atoms with E-state index in [1.807, 2.05) is 43.3 Å². The average molecular weight is 443 g/mol. The van der Waals surface area contributed by atoms with Crippen molar-refractivity contribution in [3.63, 3.8) is 0 Å². The monoisotopic (exact) mass is 442 g/mol. The van der Waals surface area contributed by atoms with Gasteiger partial charge < -0.3 is 10.1 Å². The molecule has 8 heteroatoms. The van der Waals surface area contributed by atoms with Gasteiger partial charge in [0.1, 0.15) is 5.75 Å². The molecular formula is C22H22N2O4S2. The van der Waals surface area contributed by atoms with Crippen molar-refractivity contribution >= 4 is 33.4 Å². The number of thioether (sulfide) groups is 1. The second kappa shape index (κ2) is 9.80. The predicted molar refractivity (Wildman–Crippen MR) is 119 cm³/mol. The van der Waals surface area contributed by atoms with Crippen LogP contribution in [-0.4, -0.2) is 20.9 Å². The Kier molecular flexibility index (Phi) is 7.15. The van der Waals surface area contributed by atoms with E-state index in [2.05, 4.69) is 5.32 Å². The van der Waals surface area contributed by atoms with Crippen LogP contribution in [0, 0.1) is 0 Å². The Bertz CT molecular complexity index is 1120. The third-order valence-electron chi connectivity index (χ3n) is 4.20. The highest BCUT2D eigenvalue weighted by molar-refractivity contribution is 7.98. The maximum atomic E-state index is 12.7. The minimum Gasteiger partial charge on any atom is -0.494 e. The number of rotatable bonds is 8. The van der Waals surface area contributed by atoms with Gasteiger partial charge in [0.25, 0.3) is 5.91 Å². The largest absolute Gasteiger partial charge is 0.494 e. The van der Waals surface area contributed by atoms with E-state index in [-0.39, 0.29) is 10.8 Å². The lowest BCUT2D eigenvalue weighted by Crippen LogP contribution is -2.14. The number of amides is 1. The van der Waals surface area contributed by atoms with Gasteiger partial charge in [-0.1, -0.05) is 18.2 Å². The third-order valence-corrected chi connectivity index (χ3v) is 6.19. The molecule has 0 fully saturated rings. The molecule has 0 saturated heterocycles.